The number of urea groups is 1. The Kier molecular flexibility index (Phi) is 3.68. The van der Waals surface area contributed by atoms with E-state index in [1.54, 1.807) is 30.3 Å². The number of carbonyl (C=O) groups is 2. The van der Waals surface area contributed by atoms with Gasteiger partial charge in [0, 0.05) is 0 Å². The van der Waals surface area contributed by atoms with Gasteiger partial charge in [-0.05, 0) is 19.1 Å². The van der Waals surface area contributed by atoms with Crippen molar-refractivity contribution in [1.82, 2.24) is 5.32 Å². The average Bonchev–Trinajstić information content (AvgIpc) is 2.17. The molecule has 0 spiro atoms. The molecule has 0 aromatic heterocycles. The Morgan fingerprint density at radius 1 is 1.33 bits per heavy atom. The van der Waals surface area contributed by atoms with E-state index >= 15 is 0 Å². The fourth-order valence-corrected chi connectivity index (χ4v) is 1.03. The molecule has 1 aromatic carbocycles. The lowest BCUT2D eigenvalue weighted by Gasteiger charge is -2.12. The fraction of sp³-hybridized carbons (Fsp3) is 0.200. The molecule has 0 bridgehead atoms. The topological polar surface area (TPSA) is 81.4 Å². The van der Waals surface area contributed by atoms with Gasteiger partial charge < -0.3 is 15.8 Å². The molecule has 5 nitrogen and oxygen atoms in total. The maximum atomic E-state index is 11.4. The number of esters is 1. The summed E-state index contributed by atoms with van der Waals surface area (Å²) in [4.78, 5) is 21.9. The molecule has 1 unspecified atom stereocenters. The maximum absolute atomic E-state index is 11.4. The third-order valence-electron chi connectivity index (χ3n) is 1.64. The first-order valence-corrected chi connectivity index (χ1v) is 4.41. The van der Waals surface area contributed by atoms with Gasteiger partial charge in [0.05, 0.1) is 5.56 Å². The Morgan fingerprint density at radius 3 is 2.47 bits per heavy atom. The van der Waals surface area contributed by atoms with Gasteiger partial charge >= 0.3 is 12.0 Å². The third kappa shape index (κ3) is 3.68. The van der Waals surface area contributed by atoms with Crippen molar-refractivity contribution in [1.29, 1.82) is 0 Å². The first kappa shape index (κ1) is 11.0. The quantitative estimate of drug-likeness (QED) is 0.571. The van der Waals surface area contributed by atoms with Crippen LogP contribution in [0.15, 0.2) is 30.3 Å². The zero-order chi connectivity index (χ0) is 11.3. The zero-order valence-corrected chi connectivity index (χ0v) is 8.27. The number of ether oxygens (including phenoxy) is 1. The molecule has 1 rings (SSSR count). The van der Waals surface area contributed by atoms with Crippen LogP contribution in [0.2, 0.25) is 0 Å². The van der Waals surface area contributed by atoms with Crippen LogP contribution in [0.3, 0.4) is 0 Å². The number of primary amides is 1. The normalized spacial score (nSPS) is 11.5. The third-order valence-corrected chi connectivity index (χ3v) is 1.64. The Morgan fingerprint density at radius 2 is 1.93 bits per heavy atom. The molecular formula is C10H12N2O3. The van der Waals surface area contributed by atoms with Crippen LogP contribution in [-0.2, 0) is 4.74 Å². The number of benzene rings is 1. The largest absolute Gasteiger partial charge is 0.438 e. The van der Waals surface area contributed by atoms with E-state index in [0.29, 0.717) is 5.56 Å². The predicted octanol–water partition coefficient (Wildman–Crippen LogP) is 0.858. The van der Waals surface area contributed by atoms with E-state index in [0.717, 1.165) is 0 Å². The lowest BCUT2D eigenvalue weighted by atomic mass is 10.2. The smallest absolute Gasteiger partial charge is 0.340 e. The molecule has 0 saturated heterocycles. The summed E-state index contributed by atoms with van der Waals surface area (Å²) in [7, 11) is 0. The molecule has 15 heavy (non-hydrogen) atoms. The highest BCUT2D eigenvalue weighted by molar-refractivity contribution is 5.89. The molecule has 1 atom stereocenters. The van der Waals surface area contributed by atoms with Crippen molar-refractivity contribution in [3.63, 3.8) is 0 Å². The van der Waals surface area contributed by atoms with Crippen LogP contribution in [0.5, 0.6) is 0 Å². The number of nitrogens with one attached hydrogen (secondary N) is 1. The molecule has 0 fully saturated rings. The Hall–Kier alpha value is -2.04. The highest BCUT2D eigenvalue weighted by atomic mass is 16.6. The number of carbonyl (C=O) groups excluding carboxylic acids is 2. The van der Waals surface area contributed by atoms with E-state index < -0.39 is 18.2 Å². The molecule has 3 N–H and O–H groups in total. The summed E-state index contributed by atoms with van der Waals surface area (Å²) in [5.74, 6) is -0.503. The van der Waals surface area contributed by atoms with Gasteiger partial charge in [-0.15, -0.1) is 0 Å². The summed E-state index contributed by atoms with van der Waals surface area (Å²) in [5, 5.41) is 2.24. The van der Waals surface area contributed by atoms with Crippen molar-refractivity contribution < 1.29 is 14.3 Å². The van der Waals surface area contributed by atoms with E-state index in [1.165, 1.54) is 6.92 Å². The number of nitrogens with two attached hydrogens (primary N) is 1. The summed E-state index contributed by atoms with van der Waals surface area (Å²) < 4.78 is 4.90. The fourth-order valence-electron chi connectivity index (χ4n) is 1.03. The molecule has 0 aliphatic heterocycles. The van der Waals surface area contributed by atoms with Crippen molar-refractivity contribution >= 4 is 12.0 Å². The second-order valence-electron chi connectivity index (χ2n) is 2.92. The zero-order valence-electron chi connectivity index (χ0n) is 8.27. The molecule has 0 aliphatic rings. The lowest BCUT2D eigenvalue weighted by molar-refractivity contribution is 0.0297. The van der Waals surface area contributed by atoms with Gasteiger partial charge in [-0.25, -0.2) is 9.59 Å². The number of hydrogen-bond donors (Lipinski definition) is 2. The van der Waals surface area contributed by atoms with Gasteiger partial charge in [0.2, 0.25) is 0 Å². The van der Waals surface area contributed by atoms with Crippen LogP contribution in [0.4, 0.5) is 4.79 Å². The van der Waals surface area contributed by atoms with Crippen LogP contribution in [-0.4, -0.2) is 18.2 Å². The van der Waals surface area contributed by atoms with E-state index in [-0.39, 0.29) is 0 Å². The molecule has 0 radical (unpaired) electrons. The van der Waals surface area contributed by atoms with E-state index in [9.17, 15) is 9.59 Å². The predicted molar refractivity (Wildman–Crippen MR) is 54.0 cm³/mol. The van der Waals surface area contributed by atoms with Crippen molar-refractivity contribution in [2.45, 2.75) is 13.2 Å². The van der Waals surface area contributed by atoms with Crippen molar-refractivity contribution in [3.8, 4) is 0 Å². The number of hydrogen-bond acceptors (Lipinski definition) is 3. The molecule has 0 saturated carbocycles. The van der Waals surface area contributed by atoms with Crippen LogP contribution in [0, 0.1) is 0 Å². The monoisotopic (exact) mass is 208 g/mol. The summed E-state index contributed by atoms with van der Waals surface area (Å²) >= 11 is 0. The standard InChI is InChI=1S/C10H12N2O3/c1-7(12-10(11)14)15-9(13)8-5-3-2-4-6-8/h2-7H,1H3,(H3,11,12,14). The van der Waals surface area contributed by atoms with Gasteiger partial charge in [-0.1, -0.05) is 18.2 Å². The summed E-state index contributed by atoms with van der Waals surface area (Å²) in [6.45, 7) is 1.52. The second-order valence-corrected chi connectivity index (χ2v) is 2.92. The Labute approximate surface area is 87.2 Å². The molecule has 0 heterocycles. The summed E-state index contributed by atoms with van der Waals surface area (Å²) in [6.07, 6.45) is -0.741. The van der Waals surface area contributed by atoms with Crippen LogP contribution >= 0.6 is 0 Å². The Balaban J connectivity index is 2.53. The molecule has 2 amide bonds. The minimum atomic E-state index is -0.741. The highest BCUT2D eigenvalue weighted by Gasteiger charge is 2.11. The van der Waals surface area contributed by atoms with Gasteiger partial charge in [-0.2, -0.15) is 0 Å². The summed E-state index contributed by atoms with van der Waals surface area (Å²) in [5.41, 5.74) is 5.29. The molecule has 0 aliphatic carbocycles. The molecular weight excluding hydrogens is 196 g/mol. The van der Waals surface area contributed by atoms with Crippen molar-refractivity contribution in [2.24, 2.45) is 5.73 Å². The minimum absolute atomic E-state index is 0.427. The van der Waals surface area contributed by atoms with Gasteiger partial charge in [0.1, 0.15) is 0 Å². The maximum Gasteiger partial charge on any atom is 0.340 e. The molecule has 80 valence electrons. The van der Waals surface area contributed by atoms with E-state index in [4.69, 9.17) is 10.5 Å². The minimum Gasteiger partial charge on any atom is -0.438 e. The SMILES string of the molecule is CC(NC(N)=O)OC(=O)c1ccccc1. The van der Waals surface area contributed by atoms with Crippen LogP contribution in [0.1, 0.15) is 17.3 Å². The molecule has 1 aromatic rings. The van der Waals surface area contributed by atoms with Crippen molar-refractivity contribution in [2.75, 3.05) is 0 Å². The second kappa shape index (κ2) is 4.99. The van der Waals surface area contributed by atoms with Crippen molar-refractivity contribution in [3.05, 3.63) is 35.9 Å². The van der Waals surface area contributed by atoms with E-state index in [2.05, 4.69) is 5.32 Å². The average molecular weight is 208 g/mol. The van der Waals surface area contributed by atoms with E-state index in [1.807, 2.05) is 0 Å². The van der Waals surface area contributed by atoms with Crippen LogP contribution < -0.4 is 11.1 Å². The number of rotatable bonds is 3. The highest BCUT2D eigenvalue weighted by Crippen LogP contribution is 2.02. The first-order valence-electron chi connectivity index (χ1n) is 4.41. The van der Waals surface area contributed by atoms with Gasteiger partial charge in [0.15, 0.2) is 6.23 Å². The van der Waals surface area contributed by atoms with Crippen LogP contribution in [0.25, 0.3) is 0 Å². The number of amides is 2. The first-order chi connectivity index (χ1) is 7.09. The van der Waals surface area contributed by atoms with Gasteiger partial charge in [-0.3, -0.25) is 0 Å². The molecule has 5 heteroatoms. The lowest BCUT2D eigenvalue weighted by Crippen LogP contribution is -2.39. The Bertz CT molecular complexity index is 351. The van der Waals surface area contributed by atoms with Gasteiger partial charge in [0.25, 0.3) is 0 Å². The summed E-state index contributed by atoms with van der Waals surface area (Å²) in [6, 6.07) is 7.76.